The zero-order chi connectivity index (χ0) is 14.7. The maximum atomic E-state index is 13.7. The van der Waals surface area contributed by atoms with E-state index in [0.29, 0.717) is 24.9 Å². The lowest BCUT2D eigenvalue weighted by Gasteiger charge is -2.09. The molecule has 20 heavy (non-hydrogen) atoms. The Balaban J connectivity index is 2.35. The summed E-state index contributed by atoms with van der Waals surface area (Å²) in [6.45, 7) is 4.26. The number of nitrogens with two attached hydrogens (primary N) is 1. The molecule has 2 rings (SSSR count). The minimum atomic E-state index is -0.827. The van der Waals surface area contributed by atoms with E-state index in [1.54, 1.807) is 0 Å². The monoisotopic (exact) mass is 283 g/mol. The van der Waals surface area contributed by atoms with Gasteiger partial charge in [-0.3, -0.25) is 0 Å². The average molecular weight is 283 g/mol. The van der Waals surface area contributed by atoms with Crippen molar-refractivity contribution >= 4 is 5.69 Å². The van der Waals surface area contributed by atoms with Gasteiger partial charge in [-0.25, -0.2) is 8.78 Å². The summed E-state index contributed by atoms with van der Waals surface area (Å²) in [4.78, 5) is 4.08. The molecule has 1 aromatic heterocycles. The highest BCUT2D eigenvalue weighted by Crippen LogP contribution is 2.27. The van der Waals surface area contributed by atoms with Gasteiger partial charge in [0.15, 0.2) is 0 Å². The third-order valence-electron chi connectivity index (χ3n) is 2.79. The van der Waals surface area contributed by atoms with Gasteiger partial charge in [0.25, 0.3) is 5.89 Å². The van der Waals surface area contributed by atoms with Gasteiger partial charge in [0, 0.05) is 12.7 Å². The van der Waals surface area contributed by atoms with E-state index >= 15 is 0 Å². The van der Waals surface area contributed by atoms with E-state index < -0.39 is 11.6 Å². The number of anilines is 1. The van der Waals surface area contributed by atoms with Crippen LogP contribution in [0.1, 0.15) is 32.2 Å². The number of nitrogen functional groups attached to an aromatic ring is 1. The quantitative estimate of drug-likeness (QED) is 0.853. The Morgan fingerprint density at radius 2 is 2.05 bits per heavy atom. The fraction of sp³-hybridized carbons (Fsp3) is 0.385. The zero-order valence-corrected chi connectivity index (χ0v) is 11.2. The topological polar surface area (TPSA) is 74.2 Å². The van der Waals surface area contributed by atoms with Crippen LogP contribution in [0.25, 0.3) is 11.5 Å². The van der Waals surface area contributed by atoms with Gasteiger partial charge in [0.2, 0.25) is 5.82 Å². The maximum absolute atomic E-state index is 13.7. The first-order valence-corrected chi connectivity index (χ1v) is 6.26. The van der Waals surface area contributed by atoms with E-state index in [2.05, 4.69) is 10.1 Å². The van der Waals surface area contributed by atoms with Crippen LogP contribution < -0.4 is 5.73 Å². The number of benzene rings is 1. The molecule has 1 atom stereocenters. The summed E-state index contributed by atoms with van der Waals surface area (Å²) in [5.74, 6) is -1.36. The summed E-state index contributed by atoms with van der Waals surface area (Å²) in [6.07, 6.45) is 0.333. The Labute approximate surface area is 114 Å². The minimum absolute atomic E-state index is 0.0333. The van der Waals surface area contributed by atoms with Gasteiger partial charge < -0.3 is 15.0 Å². The van der Waals surface area contributed by atoms with Gasteiger partial charge in [-0.1, -0.05) is 12.1 Å². The number of ether oxygens (including phenoxy) is 1. The summed E-state index contributed by atoms with van der Waals surface area (Å²) in [7, 11) is 0. The van der Waals surface area contributed by atoms with E-state index in [-0.39, 0.29) is 23.2 Å². The van der Waals surface area contributed by atoms with Crippen LogP contribution in [0.5, 0.6) is 0 Å². The van der Waals surface area contributed by atoms with Crippen molar-refractivity contribution in [1.29, 1.82) is 0 Å². The molecule has 0 fully saturated rings. The molecule has 108 valence electrons. The first-order valence-electron chi connectivity index (χ1n) is 6.26. The van der Waals surface area contributed by atoms with E-state index in [1.165, 1.54) is 0 Å². The van der Waals surface area contributed by atoms with Crippen LogP contribution in [0.4, 0.5) is 14.5 Å². The highest BCUT2D eigenvalue weighted by Gasteiger charge is 2.20. The molecule has 1 heterocycles. The highest BCUT2D eigenvalue weighted by molar-refractivity contribution is 5.61. The van der Waals surface area contributed by atoms with Crippen molar-refractivity contribution in [3.63, 3.8) is 0 Å². The van der Waals surface area contributed by atoms with Gasteiger partial charge in [-0.15, -0.1) is 0 Å². The van der Waals surface area contributed by atoms with Gasteiger partial charge in [-0.2, -0.15) is 4.98 Å². The van der Waals surface area contributed by atoms with Crippen LogP contribution in [-0.2, 0) is 4.74 Å². The van der Waals surface area contributed by atoms with E-state index in [9.17, 15) is 8.78 Å². The van der Waals surface area contributed by atoms with E-state index in [0.717, 1.165) is 6.07 Å². The molecular weight excluding hydrogens is 268 g/mol. The number of hydrogen-bond acceptors (Lipinski definition) is 5. The Bertz CT molecular complexity index is 601. The molecule has 5 nitrogen and oxygen atoms in total. The fourth-order valence-corrected chi connectivity index (χ4v) is 1.78. The van der Waals surface area contributed by atoms with Crippen LogP contribution in [0, 0.1) is 11.6 Å². The van der Waals surface area contributed by atoms with Crippen molar-refractivity contribution in [2.75, 3.05) is 12.3 Å². The highest BCUT2D eigenvalue weighted by atomic mass is 19.1. The Morgan fingerprint density at radius 3 is 2.70 bits per heavy atom. The molecule has 7 heteroatoms. The lowest BCUT2D eigenvalue weighted by atomic mass is 10.2. The Hall–Kier alpha value is -2.02. The number of rotatable bonds is 5. The number of halogens is 2. The number of hydrogen-bond donors (Lipinski definition) is 1. The van der Waals surface area contributed by atoms with Crippen LogP contribution >= 0.6 is 0 Å². The van der Waals surface area contributed by atoms with Crippen molar-refractivity contribution in [1.82, 2.24) is 10.1 Å². The van der Waals surface area contributed by atoms with Gasteiger partial charge >= 0.3 is 0 Å². The SMILES string of the molecule is CCOC(CC)c1noc(-c2cc(N)c(F)cc2F)n1. The van der Waals surface area contributed by atoms with E-state index in [1.807, 2.05) is 13.8 Å². The summed E-state index contributed by atoms with van der Waals surface area (Å²) in [6, 6.07) is 1.82. The molecule has 0 aliphatic carbocycles. The van der Waals surface area contributed by atoms with Crippen molar-refractivity contribution < 1.29 is 18.0 Å². The smallest absolute Gasteiger partial charge is 0.261 e. The maximum Gasteiger partial charge on any atom is 0.261 e. The van der Waals surface area contributed by atoms with Crippen molar-refractivity contribution in [3.05, 3.63) is 29.6 Å². The third-order valence-corrected chi connectivity index (χ3v) is 2.79. The lowest BCUT2D eigenvalue weighted by molar-refractivity contribution is 0.0518. The van der Waals surface area contributed by atoms with Crippen molar-refractivity contribution in [2.45, 2.75) is 26.4 Å². The van der Waals surface area contributed by atoms with Gasteiger partial charge in [0.1, 0.15) is 17.7 Å². The number of aromatic nitrogens is 2. The molecule has 1 aromatic carbocycles. The third kappa shape index (κ3) is 2.77. The molecule has 2 N–H and O–H groups in total. The first kappa shape index (κ1) is 14.4. The van der Waals surface area contributed by atoms with Crippen LogP contribution in [0.3, 0.4) is 0 Å². The predicted octanol–water partition coefficient (Wildman–Crippen LogP) is 3.08. The zero-order valence-electron chi connectivity index (χ0n) is 11.2. The molecule has 0 saturated heterocycles. The summed E-state index contributed by atoms with van der Waals surface area (Å²) >= 11 is 0. The first-order chi connectivity index (χ1) is 9.56. The van der Waals surface area contributed by atoms with E-state index in [4.69, 9.17) is 15.0 Å². The molecule has 0 radical (unpaired) electrons. The molecule has 0 aliphatic rings. The molecule has 0 saturated carbocycles. The second-order valence-electron chi connectivity index (χ2n) is 4.16. The number of nitrogens with zero attached hydrogens (tertiary/aromatic N) is 2. The van der Waals surface area contributed by atoms with Crippen LogP contribution in [0.15, 0.2) is 16.7 Å². The molecule has 0 spiro atoms. The lowest BCUT2D eigenvalue weighted by Crippen LogP contribution is -2.04. The molecule has 2 aromatic rings. The Kier molecular flexibility index (Phi) is 4.29. The van der Waals surface area contributed by atoms with Gasteiger partial charge in [-0.05, 0) is 19.4 Å². The predicted molar refractivity (Wildman–Crippen MR) is 68.7 cm³/mol. The second kappa shape index (κ2) is 5.96. The molecule has 0 aliphatic heterocycles. The minimum Gasteiger partial charge on any atom is -0.396 e. The Morgan fingerprint density at radius 1 is 1.30 bits per heavy atom. The fourth-order valence-electron chi connectivity index (χ4n) is 1.78. The standard InChI is InChI=1S/C13H15F2N3O2/c1-3-11(19-4-2)12-17-13(20-18-12)7-5-10(16)9(15)6-8(7)14/h5-6,11H,3-4,16H2,1-2H3. The summed E-state index contributed by atoms with van der Waals surface area (Å²) < 4.78 is 37.2. The van der Waals surface area contributed by atoms with Crippen molar-refractivity contribution in [2.24, 2.45) is 0 Å². The molecule has 0 bridgehead atoms. The average Bonchev–Trinajstić information content (AvgIpc) is 2.89. The van der Waals surface area contributed by atoms with Gasteiger partial charge in [0.05, 0.1) is 11.3 Å². The molecular formula is C13H15F2N3O2. The van der Waals surface area contributed by atoms with Crippen LogP contribution in [-0.4, -0.2) is 16.7 Å². The summed E-state index contributed by atoms with van der Waals surface area (Å²) in [5, 5.41) is 3.76. The largest absolute Gasteiger partial charge is 0.396 e. The second-order valence-corrected chi connectivity index (χ2v) is 4.16. The summed E-state index contributed by atoms with van der Waals surface area (Å²) in [5.41, 5.74) is 5.20. The normalized spacial score (nSPS) is 12.6. The molecule has 0 amide bonds. The molecule has 1 unspecified atom stereocenters. The van der Waals surface area contributed by atoms with Crippen molar-refractivity contribution in [3.8, 4) is 11.5 Å². The van der Waals surface area contributed by atoms with Crippen LogP contribution in [0.2, 0.25) is 0 Å².